The molecule has 0 spiro atoms. The molecule has 1 aromatic heterocycles. The van der Waals surface area contributed by atoms with Crippen LogP contribution in [-0.2, 0) is 18.3 Å². The van der Waals surface area contributed by atoms with Gasteiger partial charge >= 0.3 is 0 Å². The van der Waals surface area contributed by atoms with Crippen molar-refractivity contribution >= 4 is 5.96 Å². The molecular formula is C17H31N5O. The quantitative estimate of drug-likeness (QED) is 0.657. The van der Waals surface area contributed by atoms with Gasteiger partial charge in [0.05, 0.1) is 11.3 Å². The lowest BCUT2D eigenvalue weighted by molar-refractivity contribution is -0.176. The highest BCUT2D eigenvalue weighted by atomic mass is 16.5. The number of hydrogen-bond donors (Lipinski definition) is 2. The molecule has 0 radical (unpaired) electrons. The van der Waals surface area contributed by atoms with Crippen LogP contribution in [0.5, 0.6) is 0 Å². The van der Waals surface area contributed by atoms with Crippen molar-refractivity contribution < 1.29 is 4.74 Å². The highest BCUT2D eigenvalue weighted by Crippen LogP contribution is 2.51. The van der Waals surface area contributed by atoms with Gasteiger partial charge in [-0.2, -0.15) is 5.10 Å². The lowest BCUT2D eigenvalue weighted by atomic mass is 9.56. The van der Waals surface area contributed by atoms with E-state index in [0.29, 0.717) is 6.04 Å². The normalized spacial score (nSPS) is 26.8. The summed E-state index contributed by atoms with van der Waals surface area (Å²) in [5, 5.41) is 11.4. The number of nitrogens with zero attached hydrogens (tertiary/aromatic N) is 3. The first-order valence-electron chi connectivity index (χ1n) is 8.17. The third kappa shape index (κ3) is 2.96. The first kappa shape index (κ1) is 17.8. The summed E-state index contributed by atoms with van der Waals surface area (Å²) < 4.78 is 7.60. The lowest BCUT2D eigenvalue weighted by Crippen LogP contribution is -2.69. The van der Waals surface area contributed by atoms with E-state index in [1.165, 1.54) is 11.3 Å². The number of guanidine groups is 1. The molecule has 0 bridgehead atoms. The average Bonchev–Trinajstić information content (AvgIpc) is 2.75. The van der Waals surface area contributed by atoms with Gasteiger partial charge in [-0.25, -0.2) is 0 Å². The number of hydrogen-bond acceptors (Lipinski definition) is 3. The van der Waals surface area contributed by atoms with Crippen molar-refractivity contribution in [2.24, 2.45) is 17.5 Å². The van der Waals surface area contributed by atoms with Crippen LogP contribution in [0.1, 0.15) is 44.1 Å². The Bertz CT molecular complexity index is 604. The van der Waals surface area contributed by atoms with Gasteiger partial charge in [-0.15, -0.1) is 0 Å². The molecular weight excluding hydrogens is 290 g/mol. The van der Waals surface area contributed by atoms with E-state index in [1.807, 2.05) is 18.7 Å². The number of aliphatic imine (C=N–C) groups is 1. The Morgan fingerprint density at radius 1 is 1.39 bits per heavy atom. The van der Waals surface area contributed by atoms with Gasteiger partial charge in [0, 0.05) is 50.5 Å². The molecule has 0 aliphatic heterocycles. The molecule has 23 heavy (non-hydrogen) atoms. The van der Waals surface area contributed by atoms with Crippen LogP contribution in [0.4, 0.5) is 0 Å². The minimum atomic E-state index is -0.0833. The fourth-order valence-electron chi connectivity index (χ4n) is 3.33. The molecule has 1 saturated carbocycles. The minimum absolute atomic E-state index is 0.0551. The highest BCUT2D eigenvalue weighted by molar-refractivity contribution is 5.80. The van der Waals surface area contributed by atoms with E-state index in [2.05, 4.69) is 48.4 Å². The van der Waals surface area contributed by atoms with E-state index in [0.717, 1.165) is 24.6 Å². The van der Waals surface area contributed by atoms with Crippen LogP contribution in [-0.4, -0.2) is 41.5 Å². The van der Waals surface area contributed by atoms with Crippen molar-refractivity contribution in [3.8, 4) is 0 Å². The summed E-state index contributed by atoms with van der Waals surface area (Å²) in [4.78, 5) is 4.36. The van der Waals surface area contributed by atoms with Crippen molar-refractivity contribution in [1.29, 1.82) is 0 Å². The third-order valence-electron chi connectivity index (χ3n) is 5.90. The van der Waals surface area contributed by atoms with Gasteiger partial charge in [-0.1, -0.05) is 13.8 Å². The summed E-state index contributed by atoms with van der Waals surface area (Å²) in [5.41, 5.74) is 3.44. The van der Waals surface area contributed by atoms with E-state index in [9.17, 15) is 0 Å². The predicted molar refractivity (Wildman–Crippen MR) is 93.6 cm³/mol. The Morgan fingerprint density at radius 2 is 2.04 bits per heavy atom. The van der Waals surface area contributed by atoms with Gasteiger partial charge in [0.1, 0.15) is 0 Å². The Labute approximate surface area is 139 Å². The molecule has 1 aromatic rings. The van der Waals surface area contributed by atoms with E-state index in [1.54, 1.807) is 14.2 Å². The van der Waals surface area contributed by atoms with Crippen molar-refractivity contribution in [3.63, 3.8) is 0 Å². The van der Waals surface area contributed by atoms with Crippen LogP contribution in [0.3, 0.4) is 0 Å². The summed E-state index contributed by atoms with van der Waals surface area (Å²) in [6, 6.07) is 0.342. The number of nitrogens with one attached hydrogen (secondary N) is 2. The van der Waals surface area contributed by atoms with E-state index in [-0.39, 0.29) is 11.0 Å². The molecule has 0 saturated heterocycles. The van der Waals surface area contributed by atoms with Gasteiger partial charge < -0.3 is 15.4 Å². The second-order valence-electron chi connectivity index (χ2n) is 7.26. The minimum Gasteiger partial charge on any atom is -0.378 e. The van der Waals surface area contributed by atoms with Crippen molar-refractivity contribution in [3.05, 3.63) is 17.0 Å². The predicted octanol–water partition coefficient (Wildman–Crippen LogP) is 1.91. The van der Waals surface area contributed by atoms with Gasteiger partial charge in [-0.05, 0) is 27.2 Å². The largest absolute Gasteiger partial charge is 0.378 e. The van der Waals surface area contributed by atoms with Crippen molar-refractivity contribution in [2.45, 2.75) is 59.2 Å². The smallest absolute Gasteiger partial charge is 0.191 e. The van der Waals surface area contributed by atoms with Crippen LogP contribution in [0.25, 0.3) is 0 Å². The summed E-state index contributed by atoms with van der Waals surface area (Å²) in [7, 11) is 5.57. The van der Waals surface area contributed by atoms with Gasteiger partial charge in [-0.3, -0.25) is 9.67 Å². The zero-order valence-corrected chi connectivity index (χ0v) is 15.7. The number of aryl methyl sites for hydroxylation is 2. The zero-order valence-electron chi connectivity index (χ0n) is 15.7. The molecule has 0 amide bonds. The van der Waals surface area contributed by atoms with Crippen LogP contribution >= 0.6 is 0 Å². The molecule has 6 nitrogen and oxygen atoms in total. The Balaban J connectivity index is 1.98. The number of aromatic nitrogens is 2. The number of rotatable bonds is 4. The Morgan fingerprint density at radius 3 is 2.48 bits per heavy atom. The number of methoxy groups -OCH3 is 1. The van der Waals surface area contributed by atoms with E-state index >= 15 is 0 Å². The Kier molecular flexibility index (Phi) is 4.76. The molecule has 0 aromatic carbocycles. The SMILES string of the molecule is CN=C(NCc1c(C)nn(C)c1C)NC1CC(C)(OC)C1(C)C. The fraction of sp³-hybridized carbons (Fsp3) is 0.765. The first-order chi connectivity index (χ1) is 10.7. The maximum atomic E-state index is 5.69. The standard InChI is InChI=1S/C17H31N5O/c1-11-13(12(2)22(7)21-11)10-19-15(18-6)20-14-9-17(5,23-8)16(14,3)4/h14H,9-10H2,1-8H3,(H2,18,19,20). The number of ether oxygens (including phenoxy) is 1. The lowest BCUT2D eigenvalue weighted by Gasteiger charge is -2.59. The second-order valence-corrected chi connectivity index (χ2v) is 7.26. The fourth-order valence-corrected chi connectivity index (χ4v) is 3.33. The van der Waals surface area contributed by atoms with Crippen molar-refractivity contribution in [1.82, 2.24) is 20.4 Å². The van der Waals surface area contributed by atoms with E-state index in [4.69, 9.17) is 4.74 Å². The average molecular weight is 321 g/mol. The Hall–Kier alpha value is -1.56. The van der Waals surface area contributed by atoms with Gasteiger partial charge in [0.25, 0.3) is 0 Å². The molecule has 1 fully saturated rings. The van der Waals surface area contributed by atoms with Crippen molar-refractivity contribution in [2.75, 3.05) is 14.2 Å². The molecule has 1 aliphatic rings. The highest BCUT2D eigenvalue weighted by Gasteiger charge is 2.58. The maximum Gasteiger partial charge on any atom is 0.191 e. The molecule has 2 rings (SSSR count). The second kappa shape index (κ2) is 6.15. The molecule has 2 N–H and O–H groups in total. The summed E-state index contributed by atoms with van der Waals surface area (Å²) in [5.74, 6) is 0.823. The zero-order chi connectivity index (χ0) is 17.4. The monoisotopic (exact) mass is 321 g/mol. The topological polar surface area (TPSA) is 63.5 Å². The molecule has 1 aliphatic carbocycles. The summed E-state index contributed by atoms with van der Waals surface area (Å²) in [6.07, 6.45) is 0.974. The summed E-state index contributed by atoms with van der Waals surface area (Å²) in [6.45, 7) is 11.5. The molecule has 2 atom stereocenters. The maximum absolute atomic E-state index is 5.69. The van der Waals surface area contributed by atoms with Crippen LogP contribution in [0, 0.1) is 19.3 Å². The first-order valence-corrected chi connectivity index (χ1v) is 8.17. The van der Waals surface area contributed by atoms with Crippen LogP contribution in [0.15, 0.2) is 4.99 Å². The summed E-state index contributed by atoms with van der Waals surface area (Å²) >= 11 is 0. The molecule has 130 valence electrons. The van der Waals surface area contributed by atoms with Crippen LogP contribution in [0.2, 0.25) is 0 Å². The van der Waals surface area contributed by atoms with E-state index < -0.39 is 0 Å². The van der Waals surface area contributed by atoms with Gasteiger partial charge in [0.15, 0.2) is 5.96 Å². The van der Waals surface area contributed by atoms with Crippen LogP contribution < -0.4 is 10.6 Å². The third-order valence-corrected chi connectivity index (χ3v) is 5.90. The molecule has 6 heteroatoms. The van der Waals surface area contributed by atoms with Gasteiger partial charge in [0.2, 0.25) is 0 Å². The molecule has 1 heterocycles. The molecule has 2 unspecified atom stereocenters.